The first-order valence-electron chi connectivity index (χ1n) is 6.89. The Bertz CT molecular complexity index is 705. The zero-order valence-corrected chi connectivity index (χ0v) is 11.1. The van der Waals surface area contributed by atoms with Crippen LogP contribution in [0.2, 0.25) is 0 Å². The van der Waals surface area contributed by atoms with Crippen LogP contribution in [0.5, 0.6) is 0 Å². The zero-order valence-electron chi connectivity index (χ0n) is 11.1. The Balaban J connectivity index is 2.19. The first-order chi connectivity index (χ1) is 9.22. The first kappa shape index (κ1) is 12.2. The molecule has 0 unspecified atom stereocenters. The number of fused-ring (bicyclic) bond motifs is 1. The molecule has 6 heteroatoms. The fourth-order valence-corrected chi connectivity index (χ4v) is 2.63. The average molecular weight is 262 g/mol. The highest BCUT2D eigenvalue weighted by Gasteiger charge is 2.22. The van der Waals surface area contributed by atoms with E-state index in [2.05, 4.69) is 9.97 Å². The maximum Gasteiger partial charge on any atom is 0.332 e. The molecule has 102 valence electrons. The number of hydrogen-bond acceptors (Lipinski definition) is 3. The summed E-state index contributed by atoms with van der Waals surface area (Å²) in [6.45, 7) is 3.13. The van der Waals surface area contributed by atoms with E-state index in [4.69, 9.17) is 0 Å². The van der Waals surface area contributed by atoms with Crippen LogP contribution in [0, 0.1) is 5.92 Å². The van der Waals surface area contributed by atoms with Gasteiger partial charge in [-0.25, -0.2) is 9.78 Å². The van der Waals surface area contributed by atoms with Gasteiger partial charge in [-0.1, -0.05) is 13.3 Å². The second-order valence-electron chi connectivity index (χ2n) is 5.25. The van der Waals surface area contributed by atoms with Gasteiger partial charge in [-0.15, -0.1) is 0 Å². The topological polar surface area (TPSA) is 72.7 Å². The molecule has 1 aliphatic carbocycles. The highest BCUT2D eigenvalue weighted by atomic mass is 16.2. The predicted octanol–water partition coefficient (Wildman–Crippen LogP) is 1.10. The van der Waals surface area contributed by atoms with Crippen molar-refractivity contribution in [2.24, 2.45) is 5.92 Å². The van der Waals surface area contributed by atoms with Crippen molar-refractivity contribution in [3.05, 3.63) is 27.2 Å². The van der Waals surface area contributed by atoms with Crippen molar-refractivity contribution in [1.82, 2.24) is 19.1 Å². The van der Waals surface area contributed by atoms with Gasteiger partial charge in [-0.3, -0.25) is 13.9 Å². The molecule has 2 aromatic rings. The van der Waals surface area contributed by atoms with Gasteiger partial charge < -0.3 is 4.98 Å². The molecule has 0 bridgehead atoms. The largest absolute Gasteiger partial charge is 0.339 e. The lowest BCUT2D eigenvalue weighted by Crippen LogP contribution is -2.42. The van der Waals surface area contributed by atoms with E-state index in [1.807, 2.05) is 6.92 Å². The van der Waals surface area contributed by atoms with Crippen LogP contribution in [0.25, 0.3) is 11.2 Å². The van der Waals surface area contributed by atoms with Crippen LogP contribution < -0.4 is 11.2 Å². The SMILES string of the molecule is CCCn1c(=O)n(CC2CCC2)c(=O)c2[nH]cnc21. The third-order valence-corrected chi connectivity index (χ3v) is 3.91. The van der Waals surface area contributed by atoms with Crippen LogP contribution in [0.15, 0.2) is 15.9 Å². The minimum absolute atomic E-state index is 0.224. The van der Waals surface area contributed by atoms with Gasteiger partial charge in [0.1, 0.15) is 5.52 Å². The highest BCUT2D eigenvalue weighted by Crippen LogP contribution is 2.27. The number of aromatic amines is 1. The normalized spacial score (nSPS) is 15.8. The maximum absolute atomic E-state index is 12.4. The average Bonchev–Trinajstić information content (AvgIpc) is 2.81. The summed E-state index contributed by atoms with van der Waals surface area (Å²) in [5.74, 6) is 0.473. The third-order valence-electron chi connectivity index (χ3n) is 3.91. The quantitative estimate of drug-likeness (QED) is 0.896. The van der Waals surface area contributed by atoms with Gasteiger partial charge in [0, 0.05) is 13.1 Å². The summed E-state index contributed by atoms with van der Waals surface area (Å²) in [5, 5.41) is 0. The second kappa shape index (κ2) is 4.68. The van der Waals surface area contributed by atoms with Crippen molar-refractivity contribution >= 4 is 11.2 Å². The number of imidazole rings is 1. The van der Waals surface area contributed by atoms with Crippen molar-refractivity contribution in [2.45, 2.75) is 45.7 Å². The molecule has 1 fully saturated rings. The molecule has 3 rings (SSSR count). The number of nitrogens with one attached hydrogen (secondary N) is 1. The number of hydrogen-bond donors (Lipinski definition) is 1. The molecule has 2 aromatic heterocycles. The van der Waals surface area contributed by atoms with E-state index in [1.165, 1.54) is 17.3 Å². The minimum Gasteiger partial charge on any atom is -0.339 e. The van der Waals surface area contributed by atoms with Crippen molar-refractivity contribution in [2.75, 3.05) is 0 Å². The lowest BCUT2D eigenvalue weighted by atomic mass is 9.85. The monoisotopic (exact) mass is 262 g/mol. The molecule has 0 aliphatic heterocycles. The standard InChI is InChI=1S/C13H18N4O2/c1-2-6-16-11-10(14-8-15-11)12(18)17(13(16)19)7-9-4-3-5-9/h8-9H,2-7H2,1H3,(H,14,15). The minimum atomic E-state index is -0.239. The van der Waals surface area contributed by atoms with Gasteiger partial charge in [0.05, 0.1) is 6.33 Å². The summed E-state index contributed by atoms with van der Waals surface area (Å²) in [5.41, 5.74) is 0.448. The van der Waals surface area contributed by atoms with Crippen LogP contribution in [-0.2, 0) is 13.1 Å². The molecule has 0 saturated heterocycles. The van der Waals surface area contributed by atoms with Crippen molar-refractivity contribution in [1.29, 1.82) is 0 Å². The molecule has 1 aliphatic rings. The zero-order chi connectivity index (χ0) is 13.4. The van der Waals surface area contributed by atoms with Crippen LogP contribution in [0.4, 0.5) is 0 Å². The maximum atomic E-state index is 12.4. The number of aromatic nitrogens is 4. The molecular weight excluding hydrogens is 244 g/mol. The second-order valence-corrected chi connectivity index (χ2v) is 5.25. The van der Waals surface area contributed by atoms with Crippen molar-refractivity contribution in [3.8, 4) is 0 Å². The van der Waals surface area contributed by atoms with E-state index in [0.29, 0.717) is 30.2 Å². The predicted molar refractivity (Wildman–Crippen MR) is 72.2 cm³/mol. The van der Waals surface area contributed by atoms with Gasteiger partial charge in [-0.05, 0) is 25.2 Å². The molecule has 0 radical (unpaired) electrons. The molecule has 0 amide bonds. The van der Waals surface area contributed by atoms with Gasteiger partial charge >= 0.3 is 5.69 Å². The van der Waals surface area contributed by atoms with Crippen LogP contribution in [0.3, 0.4) is 0 Å². The summed E-state index contributed by atoms with van der Waals surface area (Å²) < 4.78 is 2.98. The van der Waals surface area contributed by atoms with Crippen molar-refractivity contribution in [3.63, 3.8) is 0 Å². The Morgan fingerprint density at radius 1 is 1.37 bits per heavy atom. The van der Waals surface area contributed by atoms with Crippen LogP contribution in [0.1, 0.15) is 32.6 Å². The lowest BCUT2D eigenvalue weighted by Gasteiger charge is -2.25. The van der Waals surface area contributed by atoms with E-state index in [0.717, 1.165) is 19.3 Å². The first-order valence-corrected chi connectivity index (χ1v) is 6.89. The van der Waals surface area contributed by atoms with Gasteiger partial charge in [0.25, 0.3) is 5.56 Å². The van der Waals surface area contributed by atoms with Crippen LogP contribution in [-0.4, -0.2) is 19.1 Å². The Hall–Kier alpha value is -1.85. The Morgan fingerprint density at radius 2 is 2.16 bits per heavy atom. The van der Waals surface area contributed by atoms with Crippen molar-refractivity contribution < 1.29 is 0 Å². The summed E-state index contributed by atoms with van der Waals surface area (Å²) in [7, 11) is 0. The molecule has 6 nitrogen and oxygen atoms in total. The Labute approximate surface area is 110 Å². The van der Waals surface area contributed by atoms with E-state index < -0.39 is 0 Å². The number of aryl methyl sites for hydroxylation is 1. The summed E-state index contributed by atoms with van der Waals surface area (Å²) in [4.78, 5) is 31.7. The summed E-state index contributed by atoms with van der Waals surface area (Å²) >= 11 is 0. The van der Waals surface area contributed by atoms with E-state index in [9.17, 15) is 9.59 Å². The molecule has 1 saturated carbocycles. The Morgan fingerprint density at radius 3 is 2.79 bits per heavy atom. The van der Waals surface area contributed by atoms with Gasteiger partial charge in [0.15, 0.2) is 5.65 Å². The highest BCUT2D eigenvalue weighted by molar-refractivity contribution is 5.68. The number of H-pyrrole nitrogens is 1. The third kappa shape index (κ3) is 1.91. The molecule has 2 heterocycles. The molecule has 1 N–H and O–H groups in total. The van der Waals surface area contributed by atoms with E-state index in [1.54, 1.807) is 4.57 Å². The fraction of sp³-hybridized carbons (Fsp3) is 0.615. The molecular formula is C13H18N4O2. The summed E-state index contributed by atoms with van der Waals surface area (Å²) in [6.07, 6.45) is 5.74. The number of nitrogens with zero attached hydrogens (tertiary/aromatic N) is 3. The van der Waals surface area contributed by atoms with Gasteiger partial charge in [0.2, 0.25) is 0 Å². The van der Waals surface area contributed by atoms with Crippen LogP contribution >= 0.6 is 0 Å². The number of rotatable bonds is 4. The van der Waals surface area contributed by atoms with Gasteiger partial charge in [-0.2, -0.15) is 0 Å². The fourth-order valence-electron chi connectivity index (χ4n) is 2.63. The molecule has 0 spiro atoms. The van der Waals surface area contributed by atoms with E-state index in [-0.39, 0.29) is 11.2 Å². The molecule has 0 aromatic carbocycles. The van der Waals surface area contributed by atoms with E-state index >= 15 is 0 Å². The summed E-state index contributed by atoms with van der Waals surface area (Å²) in [6, 6.07) is 0. The Kier molecular flexibility index (Phi) is 3.00. The lowest BCUT2D eigenvalue weighted by molar-refractivity contribution is 0.268. The smallest absolute Gasteiger partial charge is 0.332 e. The molecule has 19 heavy (non-hydrogen) atoms. The molecule has 0 atom stereocenters.